The fraction of sp³-hybridized carbons (Fsp3) is 0.519. The Morgan fingerprint density at radius 1 is 1.03 bits per heavy atom. The van der Waals surface area contributed by atoms with Gasteiger partial charge in [-0.2, -0.15) is 5.10 Å². The number of fused-ring (bicyclic) bond motifs is 1. The molecule has 1 aromatic carbocycles. The van der Waals surface area contributed by atoms with Crippen LogP contribution in [0.25, 0.3) is 11.0 Å². The van der Waals surface area contributed by atoms with Gasteiger partial charge in [-0.3, -0.25) is 9.69 Å². The molecular formula is C27H34ClN5O. The van der Waals surface area contributed by atoms with Crippen LogP contribution in [0.3, 0.4) is 0 Å². The molecule has 180 valence electrons. The van der Waals surface area contributed by atoms with Gasteiger partial charge in [0.25, 0.3) is 0 Å². The summed E-state index contributed by atoms with van der Waals surface area (Å²) in [5.41, 5.74) is 2.63. The lowest BCUT2D eigenvalue weighted by atomic mass is 9.90. The molecule has 34 heavy (non-hydrogen) atoms. The second-order valence-electron chi connectivity index (χ2n) is 9.89. The van der Waals surface area contributed by atoms with Crippen molar-refractivity contribution in [3.8, 4) is 0 Å². The van der Waals surface area contributed by atoms with Crippen LogP contribution in [0, 0.1) is 5.92 Å². The number of anilines is 1. The summed E-state index contributed by atoms with van der Waals surface area (Å²) in [5.74, 6) is 1.55. The summed E-state index contributed by atoms with van der Waals surface area (Å²) in [6, 6.07) is 12.2. The molecule has 2 saturated heterocycles. The Labute approximate surface area is 206 Å². The second-order valence-corrected chi connectivity index (χ2v) is 10.3. The van der Waals surface area contributed by atoms with Gasteiger partial charge in [0.1, 0.15) is 11.5 Å². The van der Waals surface area contributed by atoms with Gasteiger partial charge in [-0.1, -0.05) is 36.6 Å². The fourth-order valence-electron chi connectivity index (χ4n) is 5.40. The second kappa shape index (κ2) is 10.4. The van der Waals surface area contributed by atoms with Gasteiger partial charge in [-0.05, 0) is 74.5 Å². The van der Waals surface area contributed by atoms with E-state index >= 15 is 0 Å². The third-order valence-electron chi connectivity index (χ3n) is 7.34. The van der Waals surface area contributed by atoms with E-state index in [0.29, 0.717) is 18.0 Å². The van der Waals surface area contributed by atoms with E-state index in [0.717, 1.165) is 67.4 Å². The molecule has 0 aliphatic carbocycles. The molecule has 2 aliphatic heterocycles. The number of pyridine rings is 1. The van der Waals surface area contributed by atoms with Crippen LogP contribution in [0.1, 0.15) is 61.0 Å². The first-order valence-electron chi connectivity index (χ1n) is 12.7. The van der Waals surface area contributed by atoms with Crippen LogP contribution in [-0.2, 0) is 13.6 Å². The lowest BCUT2D eigenvalue weighted by Crippen LogP contribution is -2.34. The van der Waals surface area contributed by atoms with Crippen LogP contribution in [0.15, 0.2) is 36.4 Å². The van der Waals surface area contributed by atoms with Crippen molar-refractivity contribution in [2.45, 2.75) is 51.5 Å². The first kappa shape index (κ1) is 23.3. The number of Topliss-reactive ketones (excluding diaryl/α,β-unsaturated/α-hetero) is 1. The van der Waals surface area contributed by atoms with Gasteiger partial charge in [0, 0.05) is 38.1 Å². The number of piperidine rings is 1. The largest absolute Gasteiger partial charge is 0.357 e. The molecule has 0 N–H and O–H groups in total. The summed E-state index contributed by atoms with van der Waals surface area (Å²) in [6.07, 6.45) is 7.65. The molecule has 0 bridgehead atoms. The van der Waals surface area contributed by atoms with Crippen LogP contribution < -0.4 is 4.90 Å². The summed E-state index contributed by atoms with van der Waals surface area (Å²) < 4.78 is 1.78. The van der Waals surface area contributed by atoms with Crippen LogP contribution in [0.2, 0.25) is 5.02 Å². The van der Waals surface area contributed by atoms with Gasteiger partial charge in [-0.15, -0.1) is 0 Å². The summed E-state index contributed by atoms with van der Waals surface area (Å²) in [6.45, 7) is 5.04. The van der Waals surface area contributed by atoms with Crippen molar-refractivity contribution in [2.75, 3.05) is 31.1 Å². The van der Waals surface area contributed by atoms with E-state index in [2.05, 4.69) is 33.1 Å². The van der Waals surface area contributed by atoms with E-state index in [-0.39, 0.29) is 5.78 Å². The Balaban J connectivity index is 1.21. The molecule has 3 aromatic rings. The maximum Gasteiger partial charge on any atom is 0.184 e. The lowest BCUT2D eigenvalue weighted by molar-refractivity contribution is 0.0921. The van der Waals surface area contributed by atoms with E-state index in [1.807, 2.05) is 25.2 Å². The highest BCUT2D eigenvalue weighted by molar-refractivity contribution is 6.30. The zero-order valence-electron chi connectivity index (χ0n) is 20.0. The fourth-order valence-corrected chi connectivity index (χ4v) is 5.62. The normalized spacial score (nSPS) is 18.4. The average Bonchev–Trinajstić information content (AvgIpc) is 3.00. The summed E-state index contributed by atoms with van der Waals surface area (Å²) in [4.78, 5) is 23.0. The average molecular weight is 480 g/mol. The maximum absolute atomic E-state index is 13.2. The minimum atomic E-state index is 0.142. The van der Waals surface area contributed by atoms with Crippen molar-refractivity contribution in [3.05, 3.63) is 52.7 Å². The number of aromatic nitrogens is 3. The third-order valence-corrected chi connectivity index (χ3v) is 7.58. The van der Waals surface area contributed by atoms with Crippen molar-refractivity contribution in [1.29, 1.82) is 0 Å². The Morgan fingerprint density at radius 2 is 1.79 bits per heavy atom. The molecule has 7 heteroatoms. The minimum Gasteiger partial charge on any atom is -0.357 e. The molecule has 0 radical (unpaired) electrons. The number of rotatable bonds is 6. The molecule has 5 rings (SSSR count). The zero-order chi connectivity index (χ0) is 23.5. The van der Waals surface area contributed by atoms with Gasteiger partial charge < -0.3 is 4.90 Å². The van der Waals surface area contributed by atoms with E-state index in [1.165, 1.54) is 31.2 Å². The smallest absolute Gasteiger partial charge is 0.184 e. The number of halogens is 1. The first-order valence-corrected chi connectivity index (χ1v) is 13.0. The number of aryl methyl sites for hydroxylation is 1. The highest BCUT2D eigenvalue weighted by atomic mass is 35.5. The minimum absolute atomic E-state index is 0.142. The van der Waals surface area contributed by atoms with Gasteiger partial charge in [0.05, 0.1) is 5.39 Å². The maximum atomic E-state index is 13.2. The van der Waals surface area contributed by atoms with E-state index in [4.69, 9.17) is 16.6 Å². The Hall–Kier alpha value is -2.44. The number of carbonyl (C=O) groups is 1. The molecule has 2 fully saturated rings. The molecule has 0 saturated carbocycles. The van der Waals surface area contributed by atoms with Crippen LogP contribution in [0.5, 0.6) is 0 Å². The van der Waals surface area contributed by atoms with Crippen molar-refractivity contribution in [3.63, 3.8) is 0 Å². The van der Waals surface area contributed by atoms with Crippen LogP contribution in [0.4, 0.5) is 5.82 Å². The summed E-state index contributed by atoms with van der Waals surface area (Å²) >= 11 is 6.13. The molecule has 0 atom stereocenters. The summed E-state index contributed by atoms with van der Waals surface area (Å²) in [7, 11) is 1.90. The van der Waals surface area contributed by atoms with Gasteiger partial charge in [0.2, 0.25) is 0 Å². The third kappa shape index (κ3) is 5.28. The highest BCUT2D eigenvalue weighted by Gasteiger charge is 2.25. The number of hydrogen-bond acceptors (Lipinski definition) is 5. The molecule has 4 heterocycles. The molecule has 0 amide bonds. The number of likely N-dealkylation sites (tertiary alicyclic amines) is 1. The van der Waals surface area contributed by atoms with Crippen molar-refractivity contribution in [1.82, 2.24) is 19.7 Å². The summed E-state index contributed by atoms with van der Waals surface area (Å²) in [5, 5.41) is 6.27. The zero-order valence-corrected chi connectivity index (χ0v) is 20.8. The molecule has 6 nitrogen and oxygen atoms in total. The van der Waals surface area contributed by atoms with Crippen LogP contribution in [-0.4, -0.2) is 51.6 Å². The number of carbonyl (C=O) groups excluding carboxylic acids is 1. The number of hydrogen-bond donors (Lipinski definition) is 0. The Morgan fingerprint density at radius 3 is 2.53 bits per heavy atom. The predicted molar refractivity (Wildman–Crippen MR) is 138 cm³/mol. The van der Waals surface area contributed by atoms with Crippen molar-refractivity contribution in [2.24, 2.45) is 13.0 Å². The van der Waals surface area contributed by atoms with Crippen molar-refractivity contribution < 1.29 is 4.79 Å². The Bertz CT molecular complexity index is 1140. The SMILES string of the molecule is Cn1nc(C(=O)CC2CCN(Cc3cccc(Cl)c3)CC2)c2ccc(N3CCCCCC3)nc21. The van der Waals surface area contributed by atoms with E-state index < -0.39 is 0 Å². The first-order chi connectivity index (χ1) is 16.6. The van der Waals surface area contributed by atoms with Crippen molar-refractivity contribution >= 4 is 34.2 Å². The topological polar surface area (TPSA) is 54.3 Å². The quantitative estimate of drug-likeness (QED) is 0.438. The Kier molecular flexibility index (Phi) is 7.16. The monoisotopic (exact) mass is 479 g/mol. The molecule has 0 spiro atoms. The number of nitrogens with zero attached hydrogens (tertiary/aromatic N) is 5. The van der Waals surface area contributed by atoms with Gasteiger partial charge in [-0.25, -0.2) is 9.67 Å². The molecule has 2 aromatic heterocycles. The molecular weight excluding hydrogens is 446 g/mol. The predicted octanol–water partition coefficient (Wildman–Crippen LogP) is 5.49. The number of ketones is 1. The molecule has 0 unspecified atom stereocenters. The highest BCUT2D eigenvalue weighted by Crippen LogP contribution is 2.27. The lowest BCUT2D eigenvalue weighted by Gasteiger charge is -2.31. The van der Waals surface area contributed by atoms with E-state index in [1.54, 1.807) is 4.68 Å². The van der Waals surface area contributed by atoms with E-state index in [9.17, 15) is 4.79 Å². The van der Waals surface area contributed by atoms with Gasteiger partial charge in [0.15, 0.2) is 11.4 Å². The number of benzene rings is 1. The standard InChI is InChI=1S/C27H34ClN5O/c1-31-27-23(9-10-25(29-27)33-13-4-2-3-5-14-33)26(30-31)24(34)18-20-11-15-32(16-12-20)19-21-7-6-8-22(28)17-21/h6-10,17,20H,2-5,11-16,18-19H2,1H3. The van der Waals surface area contributed by atoms with Gasteiger partial charge >= 0.3 is 0 Å². The van der Waals surface area contributed by atoms with Crippen LogP contribution >= 0.6 is 11.6 Å². The molecule has 2 aliphatic rings.